The maximum Gasteiger partial charge on any atom is 0.340 e. The Balaban J connectivity index is 2.26. The molecular weight excluding hydrogens is 282 g/mol. The number of hydrazine groups is 1. The van der Waals surface area contributed by atoms with Crippen molar-refractivity contribution in [2.45, 2.75) is 6.92 Å². The molecule has 0 aliphatic carbocycles. The van der Waals surface area contributed by atoms with E-state index in [9.17, 15) is 4.79 Å². The Morgan fingerprint density at radius 1 is 1.50 bits per heavy atom. The number of benzene rings is 1. The fraction of sp³-hybridized carbons (Fsp3) is 0.462. The van der Waals surface area contributed by atoms with Gasteiger partial charge in [-0.25, -0.2) is 9.80 Å². The van der Waals surface area contributed by atoms with Crippen molar-refractivity contribution in [2.24, 2.45) is 0 Å². The number of halogens is 1. The van der Waals surface area contributed by atoms with Crippen molar-refractivity contribution in [3.8, 4) is 0 Å². The number of nitrogen functional groups attached to an aromatic ring is 1. The van der Waals surface area contributed by atoms with Crippen LogP contribution < -0.4 is 11.2 Å². The molecule has 1 saturated heterocycles. The molecule has 0 spiro atoms. The zero-order valence-corrected chi connectivity index (χ0v) is 12.1. The lowest BCUT2D eigenvalue weighted by Crippen LogP contribution is -2.40. The van der Waals surface area contributed by atoms with Gasteiger partial charge in [0.1, 0.15) is 0 Å². The molecule has 6 nitrogen and oxygen atoms in total. The zero-order valence-electron chi connectivity index (χ0n) is 11.3. The molecule has 0 atom stereocenters. The Kier molecular flexibility index (Phi) is 5.05. The third-order valence-corrected chi connectivity index (χ3v) is 3.19. The standard InChI is InChI=1S/C13H18ClN3O3/c1-2-20-13(18)10-7-9(15)8-11(14)12(10)16-17-3-5-19-6-4-17/h7-8,16H,2-6,15H2,1H3. The molecule has 1 fully saturated rings. The Morgan fingerprint density at radius 2 is 2.20 bits per heavy atom. The number of hydrogen-bond acceptors (Lipinski definition) is 6. The number of nitrogens with zero attached hydrogens (tertiary/aromatic N) is 1. The predicted octanol–water partition coefficient (Wildman–Crippen LogP) is 1.76. The second-order valence-electron chi connectivity index (χ2n) is 4.36. The average molecular weight is 300 g/mol. The first kappa shape index (κ1) is 14.9. The van der Waals surface area contributed by atoms with Gasteiger partial charge in [0.15, 0.2) is 0 Å². The molecule has 0 radical (unpaired) electrons. The molecule has 1 aliphatic rings. The van der Waals surface area contributed by atoms with Gasteiger partial charge in [0.2, 0.25) is 0 Å². The van der Waals surface area contributed by atoms with Gasteiger partial charge < -0.3 is 20.6 Å². The van der Waals surface area contributed by atoms with Gasteiger partial charge in [-0.3, -0.25) is 0 Å². The molecule has 110 valence electrons. The number of rotatable bonds is 4. The van der Waals surface area contributed by atoms with Gasteiger partial charge in [-0.05, 0) is 19.1 Å². The molecule has 1 aromatic carbocycles. The Hall–Kier alpha value is -1.50. The third-order valence-electron chi connectivity index (χ3n) is 2.89. The number of carbonyl (C=O) groups excluding carboxylic acids is 1. The van der Waals surface area contributed by atoms with Gasteiger partial charge in [-0.2, -0.15) is 0 Å². The molecule has 1 aromatic rings. The molecule has 0 unspecified atom stereocenters. The van der Waals surface area contributed by atoms with Crippen molar-refractivity contribution >= 4 is 28.9 Å². The largest absolute Gasteiger partial charge is 0.462 e. The van der Waals surface area contributed by atoms with Crippen LogP contribution in [0, 0.1) is 0 Å². The summed E-state index contributed by atoms with van der Waals surface area (Å²) in [5, 5.41) is 2.34. The number of ether oxygens (including phenoxy) is 2. The van der Waals surface area contributed by atoms with E-state index in [1.54, 1.807) is 19.1 Å². The van der Waals surface area contributed by atoms with Gasteiger partial charge in [0.05, 0.1) is 36.1 Å². The highest BCUT2D eigenvalue weighted by Gasteiger charge is 2.19. The molecular formula is C13H18ClN3O3. The molecule has 0 amide bonds. The second-order valence-corrected chi connectivity index (χ2v) is 4.76. The van der Waals surface area contributed by atoms with E-state index in [1.807, 2.05) is 5.01 Å². The number of nitrogens with two attached hydrogens (primary N) is 1. The molecule has 0 saturated carbocycles. The Labute approximate surface area is 122 Å². The number of hydrogen-bond donors (Lipinski definition) is 2. The maximum atomic E-state index is 12.0. The first-order valence-electron chi connectivity index (χ1n) is 6.47. The van der Waals surface area contributed by atoms with Crippen LogP contribution in [0.15, 0.2) is 12.1 Å². The lowest BCUT2D eigenvalue weighted by atomic mass is 10.1. The summed E-state index contributed by atoms with van der Waals surface area (Å²) in [6.07, 6.45) is 0. The fourth-order valence-corrected chi connectivity index (χ4v) is 2.21. The minimum Gasteiger partial charge on any atom is -0.462 e. The fourth-order valence-electron chi connectivity index (χ4n) is 1.94. The average Bonchev–Trinajstić information content (AvgIpc) is 2.43. The lowest BCUT2D eigenvalue weighted by Gasteiger charge is -2.29. The molecule has 3 N–H and O–H groups in total. The van der Waals surface area contributed by atoms with Gasteiger partial charge >= 0.3 is 5.97 Å². The van der Waals surface area contributed by atoms with E-state index in [2.05, 4.69) is 5.43 Å². The zero-order chi connectivity index (χ0) is 14.5. The summed E-state index contributed by atoms with van der Waals surface area (Å²) in [5.74, 6) is -0.447. The summed E-state index contributed by atoms with van der Waals surface area (Å²) < 4.78 is 10.3. The molecule has 20 heavy (non-hydrogen) atoms. The first-order chi connectivity index (χ1) is 9.61. The van der Waals surface area contributed by atoms with Crippen molar-refractivity contribution in [2.75, 3.05) is 44.1 Å². The minimum atomic E-state index is -0.447. The number of morpholine rings is 1. The summed E-state index contributed by atoms with van der Waals surface area (Å²) in [7, 11) is 0. The van der Waals surface area contributed by atoms with Crippen molar-refractivity contribution in [3.05, 3.63) is 22.7 Å². The van der Waals surface area contributed by atoms with Gasteiger partial charge in [-0.1, -0.05) is 11.6 Å². The minimum absolute atomic E-state index is 0.294. The lowest BCUT2D eigenvalue weighted by molar-refractivity contribution is 0.0488. The van der Waals surface area contributed by atoms with Gasteiger partial charge in [0.25, 0.3) is 0 Å². The van der Waals surface area contributed by atoms with E-state index in [4.69, 9.17) is 26.8 Å². The van der Waals surface area contributed by atoms with Crippen molar-refractivity contribution < 1.29 is 14.3 Å². The SMILES string of the molecule is CCOC(=O)c1cc(N)cc(Cl)c1NN1CCOCC1. The Morgan fingerprint density at radius 3 is 2.85 bits per heavy atom. The highest BCUT2D eigenvalue weighted by molar-refractivity contribution is 6.34. The van der Waals surface area contributed by atoms with Gasteiger partial charge in [0, 0.05) is 18.8 Å². The number of carbonyl (C=O) groups is 1. The highest BCUT2D eigenvalue weighted by Crippen LogP contribution is 2.30. The van der Waals surface area contributed by atoms with Crippen molar-refractivity contribution in [1.29, 1.82) is 0 Å². The van der Waals surface area contributed by atoms with Crippen LogP contribution in [0.3, 0.4) is 0 Å². The highest BCUT2D eigenvalue weighted by atomic mass is 35.5. The van der Waals surface area contributed by atoms with Crippen LogP contribution in [-0.4, -0.2) is 43.9 Å². The summed E-state index contributed by atoms with van der Waals surface area (Å²) in [6.45, 7) is 4.73. The summed E-state index contributed by atoms with van der Waals surface area (Å²) in [5.41, 5.74) is 10.2. The summed E-state index contributed by atoms with van der Waals surface area (Å²) in [6, 6.07) is 3.17. The number of anilines is 2. The van der Waals surface area contributed by atoms with Crippen LogP contribution in [0.1, 0.15) is 17.3 Å². The van der Waals surface area contributed by atoms with Crippen LogP contribution in [0.2, 0.25) is 5.02 Å². The van der Waals surface area contributed by atoms with Crippen molar-refractivity contribution in [1.82, 2.24) is 5.01 Å². The van der Waals surface area contributed by atoms with Crippen LogP contribution in [0.4, 0.5) is 11.4 Å². The van der Waals surface area contributed by atoms with E-state index < -0.39 is 5.97 Å². The smallest absolute Gasteiger partial charge is 0.340 e. The van der Waals surface area contributed by atoms with Crippen LogP contribution in [0.5, 0.6) is 0 Å². The summed E-state index contributed by atoms with van der Waals surface area (Å²) in [4.78, 5) is 12.0. The van der Waals surface area contributed by atoms with E-state index in [0.717, 1.165) is 0 Å². The van der Waals surface area contributed by atoms with Crippen LogP contribution in [-0.2, 0) is 9.47 Å². The monoisotopic (exact) mass is 299 g/mol. The normalized spacial score (nSPS) is 15.9. The van der Waals surface area contributed by atoms with Crippen molar-refractivity contribution in [3.63, 3.8) is 0 Å². The molecule has 0 aromatic heterocycles. The Bertz CT molecular complexity index is 490. The van der Waals surface area contributed by atoms with Crippen LogP contribution in [0.25, 0.3) is 0 Å². The molecule has 2 rings (SSSR count). The van der Waals surface area contributed by atoms with Crippen LogP contribution >= 0.6 is 11.6 Å². The molecule has 1 aliphatic heterocycles. The van der Waals surface area contributed by atoms with E-state index in [1.165, 1.54) is 0 Å². The maximum absolute atomic E-state index is 12.0. The number of esters is 1. The van der Waals surface area contributed by atoms with E-state index in [0.29, 0.717) is 54.9 Å². The second kappa shape index (κ2) is 6.78. The van der Waals surface area contributed by atoms with E-state index >= 15 is 0 Å². The molecule has 1 heterocycles. The quantitative estimate of drug-likeness (QED) is 0.652. The first-order valence-corrected chi connectivity index (χ1v) is 6.85. The van der Waals surface area contributed by atoms with Gasteiger partial charge in [-0.15, -0.1) is 0 Å². The number of nitrogens with one attached hydrogen (secondary N) is 1. The predicted molar refractivity (Wildman–Crippen MR) is 77.8 cm³/mol. The summed E-state index contributed by atoms with van der Waals surface area (Å²) >= 11 is 6.19. The molecule has 7 heteroatoms. The van der Waals surface area contributed by atoms with E-state index in [-0.39, 0.29) is 0 Å². The topological polar surface area (TPSA) is 76.8 Å². The third kappa shape index (κ3) is 3.53. The molecule has 0 bridgehead atoms.